The topological polar surface area (TPSA) is 21.1 Å². The summed E-state index contributed by atoms with van der Waals surface area (Å²) in [6, 6.07) is 0. The lowest BCUT2D eigenvalue weighted by Crippen LogP contribution is -2.10. The number of allylic oxidation sites excluding steroid dienone is 7. The predicted octanol–water partition coefficient (Wildman–Crippen LogP) is 4.27. The molecule has 0 atom stereocenters. The molecule has 0 aliphatic rings. The summed E-state index contributed by atoms with van der Waals surface area (Å²) in [5.74, 6) is 0.534. The van der Waals surface area contributed by atoms with Crippen LogP contribution in [0.25, 0.3) is 6.20 Å². The van der Waals surface area contributed by atoms with Crippen LogP contribution in [0.4, 0.5) is 4.39 Å². The summed E-state index contributed by atoms with van der Waals surface area (Å²) >= 11 is 0. The van der Waals surface area contributed by atoms with Crippen molar-refractivity contribution in [3.8, 4) is 0 Å². The third-order valence-electron chi connectivity index (χ3n) is 3.09. The Balaban J connectivity index is 3.09. The zero-order valence-corrected chi connectivity index (χ0v) is 13.8. The summed E-state index contributed by atoms with van der Waals surface area (Å²) in [5, 5.41) is 0. The van der Waals surface area contributed by atoms with E-state index in [2.05, 4.69) is 23.0 Å². The van der Waals surface area contributed by atoms with E-state index in [4.69, 9.17) is 0 Å². The third kappa shape index (κ3) is 5.30. The van der Waals surface area contributed by atoms with Crippen molar-refractivity contribution in [2.24, 2.45) is 0 Å². The average molecular weight is 301 g/mol. The van der Waals surface area contributed by atoms with Crippen LogP contribution in [0.15, 0.2) is 60.6 Å². The van der Waals surface area contributed by atoms with Gasteiger partial charge >= 0.3 is 0 Å². The maximum atomic E-state index is 13.1. The van der Waals surface area contributed by atoms with E-state index in [9.17, 15) is 4.39 Å². The first-order valence-corrected chi connectivity index (χ1v) is 7.07. The molecule has 0 bridgehead atoms. The van der Waals surface area contributed by atoms with Crippen molar-refractivity contribution < 1.29 is 4.39 Å². The van der Waals surface area contributed by atoms with Gasteiger partial charge in [0.2, 0.25) is 0 Å². The van der Waals surface area contributed by atoms with E-state index in [1.54, 1.807) is 12.2 Å². The molecule has 4 heteroatoms. The molecule has 0 spiro atoms. The average Bonchev–Trinajstić information content (AvgIpc) is 2.80. The first-order valence-electron chi connectivity index (χ1n) is 7.07. The molecule has 0 fully saturated rings. The van der Waals surface area contributed by atoms with E-state index in [0.717, 1.165) is 29.2 Å². The Labute approximate surface area is 132 Å². The normalized spacial score (nSPS) is 13.6. The summed E-state index contributed by atoms with van der Waals surface area (Å²) in [7, 11) is 4.01. The zero-order valence-electron chi connectivity index (χ0n) is 13.8. The minimum Gasteiger partial charge on any atom is -0.310 e. The van der Waals surface area contributed by atoms with E-state index in [0.29, 0.717) is 0 Å². The Bertz CT molecular complexity index is 631. The Morgan fingerprint density at radius 3 is 2.55 bits per heavy atom. The predicted molar refractivity (Wildman–Crippen MR) is 92.0 cm³/mol. The molecule has 0 amide bonds. The van der Waals surface area contributed by atoms with Gasteiger partial charge < -0.3 is 9.47 Å². The molecule has 118 valence electrons. The van der Waals surface area contributed by atoms with Crippen LogP contribution in [0.3, 0.4) is 0 Å². The van der Waals surface area contributed by atoms with Crippen LogP contribution in [0.1, 0.15) is 18.4 Å². The molecule has 0 saturated carbocycles. The van der Waals surface area contributed by atoms with Crippen LogP contribution in [0.5, 0.6) is 0 Å². The Morgan fingerprint density at radius 2 is 2.00 bits per heavy atom. The fourth-order valence-corrected chi connectivity index (χ4v) is 1.91. The first-order chi connectivity index (χ1) is 10.4. The molecule has 1 rings (SSSR count). The second-order valence-corrected chi connectivity index (χ2v) is 5.32. The number of hydrogen-bond acceptors (Lipinski definition) is 2. The first kappa shape index (κ1) is 17.9. The van der Waals surface area contributed by atoms with Gasteiger partial charge in [0.25, 0.3) is 0 Å². The summed E-state index contributed by atoms with van der Waals surface area (Å²) in [4.78, 5) is 6.59. The van der Waals surface area contributed by atoms with Gasteiger partial charge in [-0.3, -0.25) is 0 Å². The Kier molecular flexibility index (Phi) is 6.73. The van der Waals surface area contributed by atoms with Crippen molar-refractivity contribution >= 4 is 6.20 Å². The fourth-order valence-electron chi connectivity index (χ4n) is 1.91. The maximum Gasteiger partial charge on any atom is 0.122 e. The van der Waals surface area contributed by atoms with Crippen molar-refractivity contribution in [3.63, 3.8) is 0 Å². The third-order valence-corrected chi connectivity index (χ3v) is 3.09. The number of aromatic nitrogens is 2. The monoisotopic (exact) mass is 301 g/mol. The standard InChI is InChI=1S/C18H24FN3/c1-7-16(14(3)9-10-17(19)8-2)11-22-13-18(12-21(5)6)20-15(22)4/h7-11,13H,1-2,12H2,3-6H3/b14-9+,16-11+,17-10+. The van der Waals surface area contributed by atoms with Gasteiger partial charge in [-0.1, -0.05) is 25.3 Å². The Morgan fingerprint density at radius 1 is 1.32 bits per heavy atom. The lowest BCUT2D eigenvalue weighted by atomic mass is 10.1. The van der Waals surface area contributed by atoms with E-state index in [1.807, 2.05) is 44.9 Å². The lowest BCUT2D eigenvalue weighted by molar-refractivity contribution is 0.397. The minimum absolute atomic E-state index is 0.366. The van der Waals surface area contributed by atoms with Crippen molar-refractivity contribution in [1.29, 1.82) is 0 Å². The highest BCUT2D eigenvalue weighted by Crippen LogP contribution is 2.15. The summed E-state index contributed by atoms with van der Waals surface area (Å²) in [6.07, 6.45) is 9.95. The molecule has 1 heterocycles. The highest BCUT2D eigenvalue weighted by Gasteiger charge is 2.04. The molecule has 22 heavy (non-hydrogen) atoms. The largest absolute Gasteiger partial charge is 0.310 e. The molecule has 0 saturated heterocycles. The molecule has 1 aromatic rings. The Hall–Kier alpha value is -2.20. The fraction of sp³-hybridized carbons (Fsp3) is 0.278. The molecule has 0 N–H and O–H groups in total. The van der Waals surface area contributed by atoms with Crippen molar-refractivity contribution in [2.45, 2.75) is 20.4 Å². The molecule has 0 radical (unpaired) electrons. The number of hydrogen-bond donors (Lipinski definition) is 0. The van der Waals surface area contributed by atoms with Gasteiger partial charge in [0, 0.05) is 18.9 Å². The van der Waals surface area contributed by atoms with Crippen LogP contribution in [0, 0.1) is 6.92 Å². The summed E-state index contributed by atoms with van der Waals surface area (Å²) < 4.78 is 15.1. The van der Waals surface area contributed by atoms with Crippen molar-refractivity contribution in [3.05, 3.63) is 72.2 Å². The summed E-state index contributed by atoms with van der Waals surface area (Å²) in [6.45, 7) is 11.9. The van der Waals surface area contributed by atoms with Gasteiger partial charge in [0.1, 0.15) is 11.7 Å². The number of rotatable bonds is 7. The highest BCUT2D eigenvalue weighted by molar-refractivity contribution is 5.51. The van der Waals surface area contributed by atoms with Crippen LogP contribution >= 0.6 is 0 Å². The van der Waals surface area contributed by atoms with Crippen LogP contribution < -0.4 is 0 Å². The van der Waals surface area contributed by atoms with E-state index in [1.165, 1.54) is 12.2 Å². The number of aryl methyl sites for hydroxylation is 1. The second-order valence-electron chi connectivity index (χ2n) is 5.32. The molecular formula is C18H24FN3. The van der Waals surface area contributed by atoms with Crippen LogP contribution in [-0.2, 0) is 6.54 Å². The van der Waals surface area contributed by atoms with Gasteiger partial charge in [-0.2, -0.15) is 0 Å². The summed E-state index contributed by atoms with van der Waals surface area (Å²) in [5.41, 5.74) is 2.82. The molecule has 0 aliphatic heterocycles. The number of halogens is 1. The molecular weight excluding hydrogens is 277 g/mol. The SMILES string of the molecule is C=C\C(F)=C/C=C(C)/C(C=C)=C/n1cc(CN(C)C)nc1C. The van der Waals surface area contributed by atoms with E-state index >= 15 is 0 Å². The van der Waals surface area contributed by atoms with Crippen LogP contribution in [0.2, 0.25) is 0 Å². The maximum absolute atomic E-state index is 13.1. The van der Waals surface area contributed by atoms with Gasteiger partial charge in [-0.05, 0) is 51.2 Å². The molecule has 0 aromatic carbocycles. The number of nitrogens with zero attached hydrogens (tertiary/aromatic N) is 3. The molecule has 3 nitrogen and oxygen atoms in total. The van der Waals surface area contributed by atoms with Crippen molar-refractivity contribution in [1.82, 2.24) is 14.5 Å². The number of imidazole rings is 1. The van der Waals surface area contributed by atoms with E-state index < -0.39 is 0 Å². The minimum atomic E-state index is -0.366. The quantitative estimate of drug-likeness (QED) is 0.701. The van der Waals surface area contributed by atoms with Gasteiger partial charge in [0.15, 0.2) is 0 Å². The smallest absolute Gasteiger partial charge is 0.122 e. The van der Waals surface area contributed by atoms with Gasteiger partial charge in [-0.15, -0.1) is 0 Å². The van der Waals surface area contributed by atoms with Crippen molar-refractivity contribution in [2.75, 3.05) is 14.1 Å². The molecule has 0 aliphatic carbocycles. The van der Waals surface area contributed by atoms with Gasteiger partial charge in [0.05, 0.1) is 5.69 Å². The highest BCUT2D eigenvalue weighted by atomic mass is 19.1. The van der Waals surface area contributed by atoms with Gasteiger partial charge in [-0.25, -0.2) is 9.37 Å². The molecule has 0 unspecified atom stereocenters. The lowest BCUT2D eigenvalue weighted by Gasteiger charge is -2.05. The second kappa shape index (κ2) is 8.29. The van der Waals surface area contributed by atoms with E-state index in [-0.39, 0.29) is 5.83 Å². The zero-order chi connectivity index (χ0) is 16.7. The molecule has 1 aromatic heterocycles. The van der Waals surface area contributed by atoms with Crippen LogP contribution in [-0.4, -0.2) is 28.5 Å².